The first kappa shape index (κ1) is 15.0. The lowest BCUT2D eigenvalue weighted by Gasteiger charge is -2.11. The zero-order chi connectivity index (χ0) is 14.5. The Balaban J connectivity index is 2.23. The van der Waals surface area contributed by atoms with Crippen LogP contribution >= 0.6 is 34.8 Å². The molecule has 0 aromatic heterocycles. The molecule has 0 aliphatic heterocycles. The van der Waals surface area contributed by atoms with Gasteiger partial charge in [0.05, 0.1) is 6.21 Å². The summed E-state index contributed by atoms with van der Waals surface area (Å²) in [5.74, 6) is 0.517. The topological polar surface area (TPSA) is 41.8 Å². The van der Waals surface area contributed by atoms with Gasteiger partial charge < -0.3 is 9.94 Å². The van der Waals surface area contributed by atoms with Crippen LogP contribution in [-0.2, 0) is 6.61 Å². The molecule has 0 aliphatic rings. The molecule has 104 valence electrons. The molecule has 0 bridgehead atoms. The molecule has 0 fully saturated rings. The maximum atomic E-state index is 8.64. The van der Waals surface area contributed by atoms with Crippen molar-refractivity contribution in [3.8, 4) is 5.75 Å². The van der Waals surface area contributed by atoms with Crippen molar-refractivity contribution in [2.75, 3.05) is 0 Å². The van der Waals surface area contributed by atoms with Crippen molar-refractivity contribution in [1.82, 2.24) is 0 Å². The summed E-state index contributed by atoms with van der Waals surface area (Å²) in [5, 5.41) is 13.2. The highest BCUT2D eigenvalue weighted by molar-refractivity contribution is 6.36. The zero-order valence-corrected chi connectivity index (χ0v) is 12.5. The van der Waals surface area contributed by atoms with Crippen molar-refractivity contribution in [3.05, 3.63) is 62.6 Å². The average Bonchev–Trinajstić information content (AvgIpc) is 2.40. The molecule has 0 aliphatic carbocycles. The number of rotatable bonds is 4. The maximum absolute atomic E-state index is 8.64. The Morgan fingerprint density at radius 1 is 1.10 bits per heavy atom. The Kier molecular flexibility index (Phi) is 5.12. The van der Waals surface area contributed by atoms with E-state index in [1.807, 2.05) is 0 Å². The number of oxime groups is 1. The van der Waals surface area contributed by atoms with Gasteiger partial charge in [-0.1, -0.05) is 46.0 Å². The van der Waals surface area contributed by atoms with E-state index >= 15 is 0 Å². The fourth-order valence-corrected chi connectivity index (χ4v) is 2.32. The van der Waals surface area contributed by atoms with E-state index in [1.54, 1.807) is 36.4 Å². The third-order valence-corrected chi connectivity index (χ3v) is 3.55. The lowest BCUT2D eigenvalue weighted by atomic mass is 10.2. The molecule has 0 amide bonds. The molecular weight excluding hydrogens is 321 g/mol. The molecule has 0 saturated heterocycles. The van der Waals surface area contributed by atoms with Crippen LogP contribution in [0.15, 0.2) is 41.6 Å². The smallest absolute Gasteiger partial charge is 0.128 e. The van der Waals surface area contributed by atoms with Gasteiger partial charge in [-0.25, -0.2) is 0 Å². The van der Waals surface area contributed by atoms with Crippen LogP contribution in [0.5, 0.6) is 5.75 Å². The molecule has 0 atom stereocenters. The van der Waals surface area contributed by atoms with Crippen LogP contribution in [0.3, 0.4) is 0 Å². The molecule has 0 radical (unpaired) electrons. The van der Waals surface area contributed by atoms with E-state index in [1.165, 1.54) is 6.21 Å². The van der Waals surface area contributed by atoms with Gasteiger partial charge in [0.2, 0.25) is 0 Å². The van der Waals surface area contributed by atoms with Gasteiger partial charge in [0.1, 0.15) is 12.4 Å². The minimum Gasteiger partial charge on any atom is -0.488 e. The van der Waals surface area contributed by atoms with Gasteiger partial charge in [-0.05, 0) is 30.3 Å². The molecular formula is C14H10Cl3NO2. The molecule has 2 aromatic carbocycles. The van der Waals surface area contributed by atoms with Gasteiger partial charge in [0, 0.05) is 26.2 Å². The van der Waals surface area contributed by atoms with E-state index in [4.69, 9.17) is 44.7 Å². The summed E-state index contributed by atoms with van der Waals surface area (Å²) in [6.45, 7) is 0.201. The number of benzene rings is 2. The second kappa shape index (κ2) is 6.84. The van der Waals surface area contributed by atoms with E-state index in [2.05, 4.69) is 5.16 Å². The van der Waals surface area contributed by atoms with Crippen LogP contribution in [0, 0.1) is 0 Å². The Labute approximate surface area is 131 Å². The number of nitrogens with zero attached hydrogens (tertiary/aromatic N) is 1. The molecule has 0 spiro atoms. The molecule has 0 unspecified atom stereocenters. The van der Waals surface area contributed by atoms with Crippen LogP contribution in [0.2, 0.25) is 15.1 Å². The Bertz CT molecular complexity index is 624. The first-order valence-corrected chi connectivity index (χ1v) is 6.78. The Hall–Kier alpha value is -1.42. The fraction of sp³-hybridized carbons (Fsp3) is 0.0714. The lowest BCUT2D eigenvalue weighted by molar-refractivity contribution is 0.304. The largest absolute Gasteiger partial charge is 0.488 e. The normalized spacial score (nSPS) is 10.9. The quantitative estimate of drug-likeness (QED) is 0.485. The summed E-state index contributed by atoms with van der Waals surface area (Å²) in [6.07, 6.45) is 1.25. The lowest BCUT2D eigenvalue weighted by Crippen LogP contribution is -2.00. The number of halogens is 3. The maximum Gasteiger partial charge on any atom is 0.128 e. The summed E-state index contributed by atoms with van der Waals surface area (Å²) in [5.41, 5.74) is 1.25. The van der Waals surface area contributed by atoms with Crippen LogP contribution in [0.4, 0.5) is 0 Å². The van der Waals surface area contributed by atoms with Gasteiger partial charge in [-0.3, -0.25) is 0 Å². The predicted molar refractivity (Wildman–Crippen MR) is 81.6 cm³/mol. The van der Waals surface area contributed by atoms with E-state index in [0.29, 0.717) is 31.9 Å². The summed E-state index contributed by atoms with van der Waals surface area (Å²) >= 11 is 18.0. The molecule has 3 nitrogen and oxygen atoms in total. The third-order valence-electron chi connectivity index (χ3n) is 2.60. The van der Waals surface area contributed by atoms with Crippen LogP contribution in [0.1, 0.15) is 11.1 Å². The van der Waals surface area contributed by atoms with Gasteiger partial charge in [-0.2, -0.15) is 0 Å². The van der Waals surface area contributed by atoms with Crippen molar-refractivity contribution < 1.29 is 9.94 Å². The van der Waals surface area contributed by atoms with Gasteiger partial charge in [0.15, 0.2) is 0 Å². The molecule has 2 aromatic rings. The van der Waals surface area contributed by atoms with E-state index in [-0.39, 0.29) is 6.61 Å². The SMILES string of the molecule is ON=Cc1cc(Cl)ccc1OCc1c(Cl)cccc1Cl. The van der Waals surface area contributed by atoms with Gasteiger partial charge in [-0.15, -0.1) is 0 Å². The van der Waals surface area contributed by atoms with Crippen molar-refractivity contribution in [3.63, 3.8) is 0 Å². The van der Waals surface area contributed by atoms with Gasteiger partial charge >= 0.3 is 0 Å². The number of hydrogen-bond acceptors (Lipinski definition) is 3. The van der Waals surface area contributed by atoms with E-state index in [9.17, 15) is 0 Å². The molecule has 0 saturated carbocycles. The summed E-state index contributed by atoms with van der Waals surface area (Å²) in [4.78, 5) is 0. The fourth-order valence-electron chi connectivity index (χ4n) is 1.63. The van der Waals surface area contributed by atoms with Crippen LogP contribution in [-0.4, -0.2) is 11.4 Å². The molecule has 1 N–H and O–H groups in total. The Morgan fingerprint density at radius 3 is 2.45 bits per heavy atom. The average molecular weight is 331 g/mol. The van der Waals surface area contributed by atoms with Crippen LogP contribution < -0.4 is 4.74 Å². The summed E-state index contributed by atoms with van der Waals surface area (Å²) < 4.78 is 5.66. The third kappa shape index (κ3) is 3.57. The second-order valence-corrected chi connectivity index (χ2v) is 5.17. The first-order chi connectivity index (χ1) is 9.61. The monoisotopic (exact) mass is 329 g/mol. The van der Waals surface area contributed by atoms with E-state index in [0.717, 1.165) is 0 Å². The molecule has 20 heavy (non-hydrogen) atoms. The van der Waals surface area contributed by atoms with Gasteiger partial charge in [0.25, 0.3) is 0 Å². The minimum atomic E-state index is 0.201. The second-order valence-electron chi connectivity index (χ2n) is 3.92. The number of ether oxygens (including phenoxy) is 1. The highest BCUT2D eigenvalue weighted by Crippen LogP contribution is 2.27. The van der Waals surface area contributed by atoms with E-state index < -0.39 is 0 Å². The minimum absolute atomic E-state index is 0.201. The Morgan fingerprint density at radius 2 is 1.80 bits per heavy atom. The molecule has 6 heteroatoms. The zero-order valence-electron chi connectivity index (χ0n) is 10.2. The van der Waals surface area contributed by atoms with Crippen LogP contribution in [0.25, 0.3) is 0 Å². The highest BCUT2D eigenvalue weighted by atomic mass is 35.5. The van der Waals surface area contributed by atoms with Crippen molar-refractivity contribution in [2.45, 2.75) is 6.61 Å². The molecule has 2 rings (SSSR count). The standard InChI is InChI=1S/C14H10Cl3NO2/c15-10-4-5-14(9(6-10)7-18-19)20-8-11-12(16)2-1-3-13(11)17/h1-7,19H,8H2. The van der Waals surface area contributed by atoms with Crippen molar-refractivity contribution >= 4 is 41.0 Å². The summed E-state index contributed by atoms with van der Waals surface area (Å²) in [7, 11) is 0. The summed E-state index contributed by atoms with van der Waals surface area (Å²) in [6, 6.07) is 10.2. The molecule has 0 heterocycles. The number of hydrogen-bond donors (Lipinski definition) is 1. The van der Waals surface area contributed by atoms with Crippen molar-refractivity contribution in [2.24, 2.45) is 5.16 Å². The van der Waals surface area contributed by atoms with Crippen molar-refractivity contribution in [1.29, 1.82) is 0 Å². The predicted octanol–water partition coefficient (Wildman–Crippen LogP) is 5.03. The highest BCUT2D eigenvalue weighted by Gasteiger charge is 2.08. The first-order valence-electron chi connectivity index (χ1n) is 5.64.